The molecule has 73 heavy (non-hydrogen) atoms. The molecule has 0 fully saturated rings. The van der Waals surface area contributed by atoms with Gasteiger partial charge in [-0.15, -0.1) is 0 Å². The van der Waals surface area contributed by atoms with Crippen molar-refractivity contribution in [1.29, 1.82) is 0 Å². The number of hydrogen-bond acceptors (Lipinski definition) is 6. The molecule has 9 heteroatoms. The molecule has 343 valence electrons. The topological polar surface area (TPSA) is 106 Å². The van der Waals surface area contributed by atoms with E-state index in [1.807, 2.05) is 146 Å². The van der Waals surface area contributed by atoms with E-state index in [0.717, 1.165) is 89.1 Å². The molecule has 0 saturated carbocycles. The van der Waals surface area contributed by atoms with Gasteiger partial charge in [-0.3, -0.25) is 0 Å². The molecule has 8 bridgehead atoms. The number of rotatable bonds is 8. The van der Waals surface area contributed by atoms with Gasteiger partial charge in [0, 0.05) is 67.1 Å². The van der Waals surface area contributed by atoms with Gasteiger partial charge < -0.3 is 29.9 Å². The Bertz CT molecular complexity index is 3510. The summed E-state index contributed by atoms with van der Waals surface area (Å²) in [5.74, 6) is 1.83. The summed E-state index contributed by atoms with van der Waals surface area (Å²) in [5, 5.41) is 0. The van der Waals surface area contributed by atoms with E-state index in [9.17, 15) is 0 Å². The fourth-order valence-corrected chi connectivity index (χ4v) is 9.82. The van der Waals surface area contributed by atoms with Gasteiger partial charge >= 0.3 is 17.1 Å². The van der Waals surface area contributed by atoms with E-state index in [-0.39, 0.29) is 17.1 Å². The minimum atomic E-state index is 0. The van der Waals surface area contributed by atoms with Gasteiger partial charge in [-0.2, -0.15) is 0 Å². The first-order chi connectivity index (χ1) is 35.7. The maximum absolute atomic E-state index is 5.58. The van der Waals surface area contributed by atoms with Crippen molar-refractivity contribution in [2.75, 3.05) is 0 Å². The minimum Gasteiger partial charge on any atom is -0.357 e. The van der Waals surface area contributed by atoms with Gasteiger partial charge in [0.15, 0.2) is 0 Å². The minimum absolute atomic E-state index is 0. The molecule has 1 radical (unpaired) electrons. The number of aromatic nitrogens is 8. The third-order valence-corrected chi connectivity index (χ3v) is 13.0. The SMILES string of the molecule is [Mn+2].c1ccc(C2=C(c3ccccc3)c3nc2nc2[n-]c(nc4nc(nc5[n-]c(n3)c(-c3ccccc3)c5-c3ccccc3)C(c3ccccc3)=C4c3ccccc3)c(-c3ccccc3)c2-c2ccccc2)cc1. The van der Waals surface area contributed by atoms with Crippen molar-refractivity contribution in [2.24, 2.45) is 0 Å². The molecule has 0 amide bonds. The Hall–Kier alpha value is -9.40. The zero-order chi connectivity index (χ0) is 47.8. The summed E-state index contributed by atoms with van der Waals surface area (Å²) < 4.78 is 0. The quantitative estimate of drug-likeness (QED) is 0.139. The van der Waals surface area contributed by atoms with Crippen molar-refractivity contribution in [2.45, 2.75) is 0 Å². The van der Waals surface area contributed by atoms with Gasteiger partial charge in [0.25, 0.3) is 0 Å². The predicted octanol–water partition coefficient (Wildman–Crippen LogP) is 13.8. The Kier molecular flexibility index (Phi) is 11.9. The van der Waals surface area contributed by atoms with Crippen molar-refractivity contribution in [3.8, 4) is 44.5 Å². The Morgan fingerprint density at radius 3 is 0.534 bits per heavy atom. The summed E-state index contributed by atoms with van der Waals surface area (Å²) in [6, 6.07) is 82.2. The molecule has 0 spiro atoms. The molecule has 13 rings (SSSR count). The number of fused-ring (bicyclic) bond motifs is 8. The third-order valence-electron chi connectivity index (χ3n) is 13.0. The van der Waals surface area contributed by atoms with Crippen LogP contribution in [0.2, 0.25) is 0 Å². The Morgan fingerprint density at radius 1 is 0.192 bits per heavy atom. The van der Waals surface area contributed by atoms with E-state index >= 15 is 0 Å². The van der Waals surface area contributed by atoms with Crippen molar-refractivity contribution in [3.63, 3.8) is 0 Å². The molecular formula is C64H40MnN8. The standard InChI is InChI=1S/C64H40N8.Mn/c1-9-25-41(26-10-1)49-50(42-27-11-2-12-28-42)58-65-57(49)69-59-51(43-29-13-3-14-30-43)52(44-31-15-4-16-32-44)61(66-59)71-63-55(47-37-21-7-22-38-47)56(48-39-23-8-24-40-48)64(68-63)72-62-54(46-35-19-6-20-36-46)53(60(67-62)70-58)45-33-17-5-18-34-45;/h1-40H;/q-2;+2. The van der Waals surface area contributed by atoms with Crippen LogP contribution in [-0.4, -0.2) is 29.9 Å². The Balaban J connectivity index is 0.00000543. The van der Waals surface area contributed by atoms with Crippen molar-refractivity contribution >= 4 is 44.9 Å². The van der Waals surface area contributed by atoms with E-state index in [1.54, 1.807) is 0 Å². The van der Waals surface area contributed by atoms with Crippen LogP contribution in [-0.2, 0) is 17.1 Å². The van der Waals surface area contributed by atoms with E-state index in [4.69, 9.17) is 39.9 Å². The van der Waals surface area contributed by atoms with Gasteiger partial charge in [0.2, 0.25) is 0 Å². The van der Waals surface area contributed by atoms with Crippen LogP contribution in [0.15, 0.2) is 243 Å². The summed E-state index contributed by atoms with van der Waals surface area (Å²) >= 11 is 0. The van der Waals surface area contributed by atoms with E-state index in [2.05, 4.69) is 97.1 Å². The number of nitrogens with zero attached hydrogens (tertiary/aromatic N) is 8. The maximum Gasteiger partial charge on any atom is 2.00 e. The molecule has 8 nitrogen and oxygen atoms in total. The normalized spacial score (nSPS) is 12.2. The van der Waals surface area contributed by atoms with Gasteiger partial charge in [-0.05, 0) is 44.5 Å². The monoisotopic (exact) mass is 975 g/mol. The third kappa shape index (κ3) is 8.28. The molecule has 11 aromatic rings. The van der Waals surface area contributed by atoms with Crippen LogP contribution >= 0.6 is 0 Å². The zero-order valence-electron chi connectivity index (χ0n) is 39.0. The molecular weight excluding hydrogens is 936 g/mol. The smallest absolute Gasteiger partial charge is 0.357 e. The summed E-state index contributed by atoms with van der Waals surface area (Å²) in [5.41, 5.74) is 15.8. The summed E-state index contributed by atoms with van der Waals surface area (Å²) in [7, 11) is 0. The summed E-state index contributed by atoms with van der Waals surface area (Å²) in [6.07, 6.45) is 0. The Morgan fingerprint density at radius 2 is 0.356 bits per heavy atom. The summed E-state index contributed by atoms with van der Waals surface area (Å²) in [4.78, 5) is 44.2. The average Bonchev–Trinajstić information content (AvgIpc) is 4.20. The summed E-state index contributed by atoms with van der Waals surface area (Å²) in [6.45, 7) is 0. The molecule has 5 heterocycles. The largest absolute Gasteiger partial charge is 2.00 e. The van der Waals surface area contributed by atoms with Crippen molar-refractivity contribution in [3.05, 3.63) is 288 Å². The first-order valence-corrected chi connectivity index (χ1v) is 23.9. The van der Waals surface area contributed by atoms with Crippen LogP contribution in [0.3, 0.4) is 0 Å². The van der Waals surface area contributed by atoms with Crippen LogP contribution in [0.25, 0.3) is 89.4 Å². The molecule has 0 atom stereocenters. The second-order valence-corrected chi connectivity index (χ2v) is 17.4. The second-order valence-electron chi connectivity index (χ2n) is 17.4. The van der Waals surface area contributed by atoms with Crippen LogP contribution in [0.5, 0.6) is 0 Å². The molecule has 2 aliphatic heterocycles. The van der Waals surface area contributed by atoms with Gasteiger partial charge in [-0.1, -0.05) is 243 Å². The van der Waals surface area contributed by atoms with Crippen molar-refractivity contribution in [1.82, 2.24) is 39.9 Å². The average molecular weight is 976 g/mol. The predicted molar refractivity (Wildman–Crippen MR) is 288 cm³/mol. The molecule has 0 unspecified atom stereocenters. The maximum atomic E-state index is 5.58. The van der Waals surface area contributed by atoms with E-state index < -0.39 is 0 Å². The van der Waals surface area contributed by atoms with Crippen LogP contribution in [0, 0.1) is 0 Å². The van der Waals surface area contributed by atoms with Crippen LogP contribution in [0.1, 0.15) is 45.6 Å². The van der Waals surface area contributed by atoms with Gasteiger partial charge in [0.05, 0.1) is 23.3 Å². The van der Waals surface area contributed by atoms with Crippen LogP contribution < -0.4 is 9.97 Å². The molecule has 8 aromatic carbocycles. The second kappa shape index (κ2) is 19.4. The van der Waals surface area contributed by atoms with Crippen molar-refractivity contribution < 1.29 is 17.1 Å². The van der Waals surface area contributed by atoms with Crippen LogP contribution in [0.4, 0.5) is 0 Å². The molecule has 3 aromatic heterocycles. The van der Waals surface area contributed by atoms with Gasteiger partial charge in [-0.25, -0.2) is 9.97 Å². The number of benzene rings is 8. The first kappa shape index (κ1) is 44.8. The zero-order valence-corrected chi connectivity index (χ0v) is 40.2. The van der Waals surface area contributed by atoms with Gasteiger partial charge in [0.1, 0.15) is 0 Å². The van der Waals surface area contributed by atoms with E-state index in [1.165, 1.54) is 0 Å². The molecule has 2 aliphatic rings. The molecule has 0 N–H and O–H groups in total. The Labute approximate surface area is 432 Å². The fraction of sp³-hybridized carbons (Fsp3) is 0. The first-order valence-electron chi connectivity index (χ1n) is 23.9. The molecule has 0 aliphatic carbocycles. The van der Waals surface area contributed by atoms with E-state index in [0.29, 0.717) is 45.9 Å². The number of hydrogen-bond donors (Lipinski definition) is 0. The fourth-order valence-electron chi connectivity index (χ4n) is 9.82. The molecule has 0 saturated heterocycles.